The molecule has 0 saturated heterocycles. The summed E-state index contributed by atoms with van der Waals surface area (Å²) in [4.78, 5) is 30.9. The second-order valence-electron chi connectivity index (χ2n) is 7.12. The van der Waals surface area contributed by atoms with Gasteiger partial charge >= 0.3 is 6.18 Å². The van der Waals surface area contributed by atoms with Gasteiger partial charge in [0.15, 0.2) is 5.82 Å². The van der Waals surface area contributed by atoms with Gasteiger partial charge in [0.05, 0.1) is 17.2 Å². The number of alkyl halides is 3. The summed E-state index contributed by atoms with van der Waals surface area (Å²) >= 11 is 0. The van der Waals surface area contributed by atoms with Crippen molar-refractivity contribution in [1.82, 2.24) is 34.6 Å². The number of pyridine rings is 1. The van der Waals surface area contributed by atoms with E-state index in [-0.39, 0.29) is 11.5 Å². The first-order valence-corrected chi connectivity index (χ1v) is 9.35. The molecule has 3 heterocycles. The Balaban J connectivity index is 1.67. The van der Waals surface area contributed by atoms with Crippen LogP contribution in [0.3, 0.4) is 0 Å². The number of hydrogen-bond acceptors (Lipinski definition) is 6. The Labute approximate surface area is 169 Å². The van der Waals surface area contributed by atoms with Crippen LogP contribution in [0.5, 0.6) is 0 Å². The third kappa shape index (κ3) is 4.14. The molecule has 0 aliphatic heterocycles. The summed E-state index contributed by atoms with van der Waals surface area (Å²) in [6.45, 7) is 2.16. The molecule has 0 spiro atoms. The van der Waals surface area contributed by atoms with Gasteiger partial charge in [-0.3, -0.25) is 9.78 Å². The zero-order valence-corrected chi connectivity index (χ0v) is 16.0. The van der Waals surface area contributed by atoms with Gasteiger partial charge in [-0.2, -0.15) is 23.0 Å². The smallest absolute Gasteiger partial charge is 0.328 e. The molecule has 30 heavy (non-hydrogen) atoms. The van der Waals surface area contributed by atoms with Crippen molar-refractivity contribution in [3.8, 4) is 5.95 Å². The van der Waals surface area contributed by atoms with Gasteiger partial charge in [-0.05, 0) is 37.8 Å². The van der Waals surface area contributed by atoms with E-state index in [2.05, 4.69) is 25.0 Å². The number of nitrogens with zero attached hydrogens (tertiary/aromatic N) is 7. The lowest BCUT2D eigenvalue weighted by atomic mass is 10.1. The van der Waals surface area contributed by atoms with Crippen molar-refractivity contribution in [3.05, 3.63) is 60.2 Å². The molecule has 0 aromatic carbocycles. The zero-order valence-electron chi connectivity index (χ0n) is 16.0. The Bertz CT molecular complexity index is 1030. The number of hydrogen-bond donors (Lipinski definition) is 0. The number of carbonyl (C=O) groups is 1. The summed E-state index contributed by atoms with van der Waals surface area (Å²) in [5.74, 6) is 0.461. The molecule has 0 N–H and O–H groups in total. The van der Waals surface area contributed by atoms with E-state index >= 15 is 0 Å². The summed E-state index contributed by atoms with van der Waals surface area (Å²) in [6, 6.07) is 1.92. The minimum atomic E-state index is -4.58. The van der Waals surface area contributed by atoms with Crippen molar-refractivity contribution in [1.29, 1.82) is 0 Å². The van der Waals surface area contributed by atoms with Gasteiger partial charge in [0.25, 0.3) is 11.9 Å². The fourth-order valence-electron chi connectivity index (χ4n) is 3.10. The molecule has 4 rings (SSSR count). The molecule has 1 unspecified atom stereocenters. The molecule has 0 bridgehead atoms. The molecule has 1 fully saturated rings. The lowest BCUT2D eigenvalue weighted by molar-refractivity contribution is -0.137. The van der Waals surface area contributed by atoms with E-state index in [4.69, 9.17) is 0 Å². The van der Waals surface area contributed by atoms with E-state index in [9.17, 15) is 18.0 Å². The van der Waals surface area contributed by atoms with Crippen molar-refractivity contribution in [2.75, 3.05) is 6.54 Å². The summed E-state index contributed by atoms with van der Waals surface area (Å²) in [7, 11) is 0. The molecule has 0 radical (unpaired) electrons. The van der Waals surface area contributed by atoms with Crippen molar-refractivity contribution < 1.29 is 18.0 Å². The third-order valence-corrected chi connectivity index (χ3v) is 4.88. The molecule has 156 valence electrons. The highest BCUT2D eigenvalue weighted by Gasteiger charge is 2.35. The maximum absolute atomic E-state index is 13.2. The molecule has 1 amide bonds. The van der Waals surface area contributed by atoms with E-state index in [1.165, 1.54) is 15.9 Å². The molecule has 1 saturated carbocycles. The Hall–Kier alpha value is -3.37. The quantitative estimate of drug-likeness (QED) is 0.612. The van der Waals surface area contributed by atoms with Crippen LogP contribution in [0.4, 0.5) is 13.2 Å². The average molecular weight is 417 g/mol. The summed E-state index contributed by atoms with van der Waals surface area (Å²) in [5, 5.41) is 4.14. The molecule has 8 nitrogen and oxygen atoms in total. The van der Waals surface area contributed by atoms with Gasteiger partial charge in [-0.25, -0.2) is 15.0 Å². The third-order valence-electron chi connectivity index (χ3n) is 4.88. The largest absolute Gasteiger partial charge is 0.417 e. The van der Waals surface area contributed by atoms with E-state index in [0.29, 0.717) is 24.5 Å². The van der Waals surface area contributed by atoms with Crippen LogP contribution in [0, 0.1) is 5.92 Å². The maximum Gasteiger partial charge on any atom is 0.417 e. The summed E-state index contributed by atoms with van der Waals surface area (Å²) in [6.07, 6.45) is 3.64. The van der Waals surface area contributed by atoms with Crippen molar-refractivity contribution in [2.24, 2.45) is 5.92 Å². The van der Waals surface area contributed by atoms with Gasteiger partial charge in [0.1, 0.15) is 6.33 Å². The highest BCUT2D eigenvalue weighted by atomic mass is 19.4. The fraction of sp³-hybridized carbons (Fsp3) is 0.368. The van der Waals surface area contributed by atoms with Crippen molar-refractivity contribution >= 4 is 5.91 Å². The van der Waals surface area contributed by atoms with Crippen molar-refractivity contribution in [2.45, 2.75) is 32.0 Å². The highest BCUT2D eigenvalue weighted by Crippen LogP contribution is 2.34. The molecular formula is C19H18F3N7O. The van der Waals surface area contributed by atoms with Gasteiger partial charge in [0, 0.05) is 31.3 Å². The van der Waals surface area contributed by atoms with Crippen LogP contribution >= 0.6 is 0 Å². The zero-order chi connectivity index (χ0) is 21.3. The summed E-state index contributed by atoms with van der Waals surface area (Å²) < 4.78 is 40.6. The minimum Gasteiger partial charge on any atom is -0.328 e. The normalized spacial score (nSPS) is 15.1. The summed E-state index contributed by atoms with van der Waals surface area (Å²) in [5.41, 5.74) is -1.09. The maximum atomic E-state index is 13.2. The second kappa shape index (κ2) is 7.81. The predicted octanol–water partition coefficient (Wildman–Crippen LogP) is 3.08. The van der Waals surface area contributed by atoms with E-state index in [1.807, 2.05) is 0 Å². The first kappa shape index (κ1) is 19.9. The standard InChI is InChI=1S/C19H18F3N7O/c1-12(16-26-11-27-29(16)18-24-5-2-6-25-18)28(10-13-3-4-13)17(30)14-7-15(9-23-8-14)19(20,21)22/h2,5-9,11-13H,3-4,10H2,1H3. The number of carbonyl (C=O) groups excluding carboxylic acids is 1. The molecule has 1 aliphatic rings. The van der Waals surface area contributed by atoms with Gasteiger partial charge < -0.3 is 4.90 Å². The van der Waals surface area contributed by atoms with Crippen LogP contribution in [0.15, 0.2) is 43.2 Å². The molecule has 3 aromatic heterocycles. The number of amides is 1. The van der Waals surface area contributed by atoms with Crippen LogP contribution in [0.1, 0.15) is 47.6 Å². The van der Waals surface area contributed by atoms with Crippen LogP contribution in [0.25, 0.3) is 5.95 Å². The van der Waals surface area contributed by atoms with Gasteiger partial charge in [0.2, 0.25) is 0 Å². The van der Waals surface area contributed by atoms with Crippen LogP contribution in [-0.4, -0.2) is 47.1 Å². The Morgan fingerprint density at radius 2 is 1.97 bits per heavy atom. The topological polar surface area (TPSA) is 89.7 Å². The predicted molar refractivity (Wildman–Crippen MR) is 98.4 cm³/mol. The lowest BCUT2D eigenvalue weighted by Gasteiger charge is -2.29. The number of rotatable bonds is 6. The van der Waals surface area contributed by atoms with Crippen LogP contribution < -0.4 is 0 Å². The van der Waals surface area contributed by atoms with Crippen LogP contribution in [0.2, 0.25) is 0 Å². The SMILES string of the molecule is CC(c1ncnn1-c1ncccn1)N(CC1CC1)C(=O)c1cncc(C(F)(F)F)c1. The fourth-order valence-corrected chi connectivity index (χ4v) is 3.10. The van der Waals surface area contributed by atoms with E-state index < -0.39 is 23.7 Å². The monoisotopic (exact) mass is 417 g/mol. The minimum absolute atomic E-state index is 0.126. The molecule has 1 aliphatic carbocycles. The molecule has 1 atom stereocenters. The Morgan fingerprint density at radius 3 is 2.63 bits per heavy atom. The van der Waals surface area contributed by atoms with Gasteiger partial charge in [-0.15, -0.1) is 0 Å². The van der Waals surface area contributed by atoms with Gasteiger partial charge in [-0.1, -0.05) is 0 Å². The first-order chi connectivity index (χ1) is 14.3. The lowest BCUT2D eigenvalue weighted by Crippen LogP contribution is -2.37. The van der Waals surface area contributed by atoms with Crippen LogP contribution in [-0.2, 0) is 6.18 Å². The van der Waals surface area contributed by atoms with E-state index in [0.717, 1.165) is 25.1 Å². The average Bonchev–Trinajstić information content (AvgIpc) is 3.43. The van der Waals surface area contributed by atoms with E-state index in [1.54, 1.807) is 25.4 Å². The Morgan fingerprint density at radius 1 is 1.23 bits per heavy atom. The first-order valence-electron chi connectivity index (χ1n) is 9.35. The van der Waals surface area contributed by atoms with Crippen molar-refractivity contribution in [3.63, 3.8) is 0 Å². The highest BCUT2D eigenvalue weighted by molar-refractivity contribution is 5.94. The molecular weight excluding hydrogens is 399 g/mol. The molecule has 11 heteroatoms. The second-order valence-corrected chi connectivity index (χ2v) is 7.12. The number of aromatic nitrogens is 6. The number of halogens is 3. The molecule has 3 aromatic rings. The Kier molecular flexibility index (Phi) is 5.18.